The molecule has 1 aliphatic heterocycles. The Morgan fingerprint density at radius 1 is 1.18 bits per heavy atom. The first-order valence-corrected chi connectivity index (χ1v) is 12.3. The van der Waals surface area contributed by atoms with Crippen LogP contribution in [-0.4, -0.2) is 52.5 Å². The Morgan fingerprint density at radius 2 is 1.95 bits per heavy atom. The fourth-order valence-electron chi connectivity index (χ4n) is 4.82. The van der Waals surface area contributed by atoms with E-state index in [0.29, 0.717) is 15.6 Å². The van der Waals surface area contributed by atoms with Gasteiger partial charge in [-0.2, -0.15) is 22.0 Å². The summed E-state index contributed by atoms with van der Waals surface area (Å²) in [4.78, 5) is 30.5. The highest BCUT2D eigenvalue weighted by molar-refractivity contribution is 7.11. The molecule has 198 valence electrons. The summed E-state index contributed by atoms with van der Waals surface area (Å²) in [5.74, 6) is -5.19. The molecule has 2 aliphatic rings. The van der Waals surface area contributed by atoms with E-state index in [-0.39, 0.29) is 46.3 Å². The molecular weight excluding hydrogens is 533 g/mol. The summed E-state index contributed by atoms with van der Waals surface area (Å²) in [6, 6.07) is 0. The number of halogens is 5. The number of hydrogen-bond acceptors (Lipinski definition) is 9. The van der Waals surface area contributed by atoms with E-state index in [1.54, 1.807) is 6.92 Å². The van der Waals surface area contributed by atoms with E-state index in [0.717, 1.165) is 12.8 Å². The summed E-state index contributed by atoms with van der Waals surface area (Å²) in [6.07, 6.45) is -2.06. The van der Waals surface area contributed by atoms with Crippen molar-refractivity contribution in [3.63, 3.8) is 0 Å². The minimum Gasteiger partial charge on any atom is -0.383 e. The third-order valence-electron chi connectivity index (χ3n) is 6.74. The Morgan fingerprint density at radius 3 is 2.61 bits per heavy atom. The van der Waals surface area contributed by atoms with Crippen LogP contribution < -0.4 is 11.1 Å². The lowest BCUT2D eigenvalue weighted by Gasteiger charge is -2.24. The SMILES string of the molecule is Cc1nnc(C2(C3CC3)C(=O)Nc3nc(-c4cn5ccnc5c(CCC(F)(F)C(F)(F)F)n4)nc(N)c32)s1. The van der Waals surface area contributed by atoms with E-state index in [9.17, 15) is 26.7 Å². The molecule has 4 aromatic heterocycles. The highest BCUT2D eigenvalue weighted by Crippen LogP contribution is 2.58. The van der Waals surface area contributed by atoms with Crippen LogP contribution in [0.3, 0.4) is 0 Å². The van der Waals surface area contributed by atoms with Gasteiger partial charge in [-0.25, -0.2) is 19.9 Å². The number of nitrogens with two attached hydrogens (primary N) is 1. The average molecular weight is 552 g/mol. The van der Waals surface area contributed by atoms with Crippen LogP contribution >= 0.6 is 11.3 Å². The van der Waals surface area contributed by atoms with Gasteiger partial charge in [-0.05, 0) is 32.1 Å². The van der Waals surface area contributed by atoms with Crippen molar-refractivity contribution in [2.45, 2.75) is 50.1 Å². The molecule has 5 heterocycles. The van der Waals surface area contributed by atoms with Crippen LogP contribution in [0.2, 0.25) is 0 Å². The third-order valence-corrected chi connectivity index (χ3v) is 7.71. The van der Waals surface area contributed by atoms with Crippen LogP contribution in [0.25, 0.3) is 17.2 Å². The summed E-state index contributed by atoms with van der Waals surface area (Å²) < 4.78 is 66.8. The molecule has 0 saturated heterocycles. The Hall–Kier alpha value is -3.82. The van der Waals surface area contributed by atoms with Gasteiger partial charge in [-0.15, -0.1) is 21.5 Å². The van der Waals surface area contributed by atoms with Crippen LogP contribution in [0.15, 0.2) is 18.6 Å². The molecule has 0 spiro atoms. The first kappa shape index (κ1) is 24.5. The molecule has 1 fully saturated rings. The standard InChI is InChI=1S/C22H18F5N9OS/c1-9-34-35-19(38-9)21(10-2-3-10)13-14(28)31-15(32-16(13)33-18(21)37)12-8-36-7-6-29-17(36)11(30-12)4-5-20(23,24)22(25,26)27/h6-8,10H,2-5H2,1H3,(H3,28,31,32,33,37). The lowest BCUT2D eigenvalue weighted by atomic mass is 9.78. The van der Waals surface area contributed by atoms with Crippen molar-refractivity contribution in [3.05, 3.63) is 39.9 Å². The Balaban J connectivity index is 1.43. The maximum atomic E-state index is 13.6. The van der Waals surface area contributed by atoms with Gasteiger partial charge in [0.2, 0.25) is 5.91 Å². The molecule has 0 bridgehead atoms. The minimum absolute atomic E-state index is 0.000728. The Kier molecular flexibility index (Phi) is 5.22. The summed E-state index contributed by atoms with van der Waals surface area (Å²) in [5, 5.41) is 12.2. The van der Waals surface area contributed by atoms with Crippen molar-refractivity contribution >= 4 is 34.5 Å². The monoisotopic (exact) mass is 551 g/mol. The predicted molar refractivity (Wildman–Crippen MR) is 125 cm³/mol. The number of imidazole rings is 1. The maximum absolute atomic E-state index is 13.6. The van der Waals surface area contributed by atoms with E-state index >= 15 is 0 Å². The lowest BCUT2D eigenvalue weighted by Crippen LogP contribution is -2.38. The van der Waals surface area contributed by atoms with Gasteiger partial charge < -0.3 is 15.5 Å². The first-order chi connectivity index (χ1) is 17.9. The van der Waals surface area contributed by atoms with Gasteiger partial charge in [0, 0.05) is 25.0 Å². The number of aryl methyl sites for hydroxylation is 2. The average Bonchev–Trinajstić information content (AvgIpc) is 3.27. The highest BCUT2D eigenvalue weighted by Gasteiger charge is 2.61. The summed E-state index contributed by atoms with van der Waals surface area (Å²) in [7, 11) is 0. The Bertz CT molecular complexity index is 1600. The second-order valence-electron chi connectivity index (χ2n) is 9.25. The van der Waals surface area contributed by atoms with Crippen LogP contribution in [0.4, 0.5) is 33.6 Å². The van der Waals surface area contributed by atoms with Gasteiger partial charge in [-0.1, -0.05) is 0 Å². The molecule has 1 saturated carbocycles. The molecule has 1 aliphatic carbocycles. The summed E-state index contributed by atoms with van der Waals surface area (Å²) >= 11 is 1.28. The number of hydrogen-bond donors (Lipinski definition) is 2. The summed E-state index contributed by atoms with van der Waals surface area (Å²) in [6.45, 7) is 1.78. The fourth-order valence-corrected chi connectivity index (χ4v) is 5.79. The predicted octanol–water partition coefficient (Wildman–Crippen LogP) is 3.71. The minimum atomic E-state index is -5.69. The van der Waals surface area contributed by atoms with Crippen LogP contribution in [0, 0.1) is 12.8 Å². The fraction of sp³-hybridized carbons (Fsp3) is 0.409. The number of anilines is 2. The van der Waals surface area contributed by atoms with E-state index < -0.39 is 30.4 Å². The number of rotatable bonds is 6. The first-order valence-electron chi connectivity index (χ1n) is 11.5. The molecule has 1 atom stereocenters. The lowest BCUT2D eigenvalue weighted by molar-refractivity contribution is -0.284. The van der Waals surface area contributed by atoms with Crippen LogP contribution in [0.5, 0.6) is 0 Å². The van der Waals surface area contributed by atoms with Gasteiger partial charge in [-0.3, -0.25) is 4.79 Å². The van der Waals surface area contributed by atoms with Gasteiger partial charge in [0.05, 0.1) is 11.3 Å². The number of aromatic nitrogens is 7. The smallest absolute Gasteiger partial charge is 0.383 e. The highest BCUT2D eigenvalue weighted by atomic mass is 32.1. The zero-order valence-corrected chi connectivity index (χ0v) is 20.4. The van der Waals surface area contributed by atoms with Gasteiger partial charge >= 0.3 is 12.1 Å². The van der Waals surface area contributed by atoms with E-state index in [1.165, 1.54) is 34.3 Å². The quantitative estimate of drug-likeness (QED) is 0.346. The largest absolute Gasteiger partial charge is 0.453 e. The van der Waals surface area contributed by atoms with Crippen molar-refractivity contribution in [3.8, 4) is 11.5 Å². The molecule has 16 heteroatoms. The van der Waals surface area contributed by atoms with Crippen molar-refractivity contribution < 1.29 is 26.7 Å². The van der Waals surface area contributed by atoms with Gasteiger partial charge in [0.15, 0.2) is 11.5 Å². The van der Waals surface area contributed by atoms with Gasteiger partial charge in [0.1, 0.15) is 32.8 Å². The second kappa shape index (κ2) is 8.09. The Labute approximate surface area is 214 Å². The number of nitrogens with zero attached hydrogens (tertiary/aromatic N) is 7. The molecular formula is C22H18F5N9OS. The molecule has 10 nitrogen and oxygen atoms in total. The number of alkyl halides is 5. The van der Waals surface area contributed by atoms with Crippen molar-refractivity contribution in [2.75, 3.05) is 11.1 Å². The van der Waals surface area contributed by atoms with Gasteiger partial charge in [0.25, 0.3) is 0 Å². The molecule has 1 unspecified atom stereocenters. The topological polar surface area (TPSA) is 137 Å². The van der Waals surface area contributed by atoms with E-state index in [2.05, 4.69) is 35.5 Å². The normalized spacial score (nSPS) is 19.7. The number of carbonyl (C=O) groups excluding carboxylic acids is 1. The van der Waals surface area contributed by atoms with E-state index in [4.69, 9.17) is 5.73 Å². The van der Waals surface area contributed by atoms with Crippen molar-refractivity contribution in [1.82, 2.24) is 34.5 Å². The number of nitrogen functional groups attached to an aromatic ring is 1. The number of fused-ring (bicyclic) bond motifs is 2. The second-order valence-corrected chi connectivity index (χ2v) is 10.4. The number of amides is 1. The van der Waals surface area contributed by atoms with Crippen LogP contribution in [0.1, 0.15) is 40.5 Å². The molecule has 38 heavy (non-hydrogen) atoms. The number of carbonyl (C=O) groups is 1. The van der Waals surface area contributed by atoms with Crippen molar-refractivity contribution in [2.24, 2.45) is 5.92 Å². The zero-order chi connectivity index (χ0) is 27.0. The van der Waals surface area contributed by atoms with E-state index in [1.807, 2.05) is 0 Å². The summed E-state index contributed by atoms with van der Waals surface area (Å²) in [5.41, 5.74) is 5.68. The molecule has 1 amide bonds. The molecule has 6 rings (SSSR count). The zero-order valence-electron chi connectivity index (χ0n) is 19.6. The third kappa shape index (κ3) is 3.60. The van der Waals surface area contributed by atoms with Crippen LogP contribution in [-0.2, 0) is 16.6 Å². The molecule has 0 aromatic carbocycles. The molecule has 4 aromatic rings. The molecule has 0 radical (unpaired) electrons. The molecule has 3 N–H and O–H groups in total. The number of nitrogens with one attached hydrogen (secondary N) is 1. The van der Waals surface area contributed by atoms with Crippen molar-refractivity contribution in [1.29, 1.82) is 0 Å². The maximum Gasteiger partial charge on any atom is 0.453 e.